The molecular formula is C24H24N4O2S. The number of hydrogen-bond donors (Lipinski definition) is 2. The molecule has 3 aromatic rings. The summed E-state index contributed by atoms with van der Waals surface area (Å²) in [6.07, 6.45) is 1.63. The second-order valence-corrected chi connectivity index (χ2v) is 8.31. The Kier molecular flexibility index (Phi) is 7.27. The zero-order chi connectivity index (χ0) is 22.4. The van der Waals surface area contributed by atoms with Crippen molar-refractivity contribution < 1.29 is 4.79 Å². The Morgan fingerprint density at radius 1 is 1.13 bits per heavy atom. The van der Waals surface area contributed by atoms with E-state index in [0.29, 0.717) is 16.4 Å². The quantitative estimate of drug-likeness (QED) is 0.421. The lowest BCUT2D eigenvalue weighted by molar-refractivity contribution is -0.115. The molecule has 0 radical (unpaired) electrons. The summed E-state index contributed by atoms with van der Waals surface area (Å²) in [5.41, 5.74) is 3.45. The van der Waals surface area contributed by atoms with Gasteiger partial charge in [-0.05, 0) is 30.9 Å². The Morgan fingerprint density at radius 3 is 2.35 bits per heavy atom. The minimum absolute atomic E-state index is 0.0443. The maximum atomic E-state index is 12.9. The number of hydrogen-bond acceptors (Lipinski definition) is 5. The van der Waals surface area contributed by atoms with Gasteiger partial charge in [0.25, 0.3) is 5.56 Å². The number of H-pyrrole nitrogens is 1. The fourth-order valence-electron chi connectivity index (χ4n) is 3.27. The summed E-state index contributed by atoms with van der Waals surface area (Å²) < 4.78 is 0. The van der Waals surface area contributed by atoms with E-state index in [1.54, 1.807) is 19.1 Å². The van der Waals surface area contributed by atoms with Gasteiger partial charge in [-0.25, -0.2) is 4.98 Å². The van der Waals surface area contributed by atoms with Crippen molar-refractivity contribution in [2.75, 3.05) is 5.32 Å². The van der Waals surface area contributed by atoms with E-state index in [1.807, 2.05) is 42.5 Å². The normalized spacial score (nSPS) is 11.5. The molecule has 0 spiro atoms. The van der Waals surface area contributed by atoms with Gasteiger partial charge >= 0.3 is 0 Å². The Balaban J connectivity index is 1.87. The van der Waals surface area contributed by atoms with Gasteiger partial charge < -0.3 is 10.3 Å². The number of rotatable bonds is 7. The molecule has 1 amide bonds. The number of nitrogens with one attached hydrogen (secondary N) is 2. The number of carbonyl (C=O) groups excluding carboxylic acids is 1. The van der Waals surface area contributed by atoms with Crippen LogP contribution in [0.1, 0.15) is 37.5 Å². The molecule has 1 unspecified atom stereocenters. The number of nitrogens with zero attached hydrogens (tertiary/aromatic N) is 2. The number of aromatic nitrogens is 2. The lowest BCUT2D eigenvalue weighted by atomic mass is 10.0. The number of aromatic amines is 1. The van der Waals surface area contributed by atoms with Gasteiger partial charge in [0.1, 0.15) is 11.6 Å². The first-order chi connectivity index (χ1) is 15.0. The summed E-state index contributed by atoms with van der Waals surface area (Å²) in [4.78, 5) is 32.5. The van der Waals surface area contributed by atoms with Crippen LogP contribution in [0, 0.1) is 11.3 Å². The van der Waals surface area contributed by atoms with Crippen LogP contribution in [0.2, 0.25) is 0 Å². The number of carbonyl (C=O) groups is 1. The van der Waals surface area contributed by atoms with Crippen molar-refractivity contribution in [3.05, 3.63) is 75.6 Å². The van der Waals surface area contributed by atoms with Crippen molar-refractivity contribution in [2.45, 2.75) is 44.0 Å². The Labute approximate surface area is 185 Å². The van der Waals surface area contributed by atoms with Crippen molar-refractivity contribution in [1.82, 2.24) is 9.97 Å². The van der Waals surface area contributed by atoms with E-state index in [2.05, 4.69) is 29.1 Å². The van der Waals surface area contributed by atoms with Crippen LogP contribution in [0.25, 0.3) is 11.3 Å². The van der Waals surface area contributed by atoms with Crippen LogP contribution >= 0.6 is 11.8 Å². The van der Waals surface area contributed by atoms with E-state index in [9.17, 15) is 14.9 Å². The molecule has 1 atom stereocenters. The highest BCUT2D eigenvalue weighted by atomic mass is 32.2. The summed E-state index contributed by atoms with van der Waals surface area (Å²) in [6.45, 7) is 5.87. The maximum absolute atomic E-state index is 12.9. The number of aryl methyl sites for hydroxylation is 2. The number of para-hydroxylation sites is 1. The monoisotopic (exact) mass is 432 g/mol. The molecule has 0 bridgehead atoms. The molecular weight excluding hydrogens is 408 g/mol. The summed E-state index contributed by atoms with van der Waals surface area (Å²) in [5.74, 6) is -0.172. The van der Waals surface area contributed by atoms with Crippen LogP contribution in [-0.2, 0) is 17.6 Å². The molecule has 0 aliphatic heterocycles. The number of thioether (sulfide) groups is 1. The average Bonchev–Trinajstić information content (AvgIpc) is 2.79. The van der Waals surface area contributed by atoms with Gasteiger partial charge in [0, 0.05) is 11.3 Å². The second-order valence-electron chi connectivity index (χ2n) is 6.98. The zero-order valence-corrected chi connectivity index (χ0v) is 18.5. The van der Waals surface area contributed by atoms with Gasteiger partial charge in [-0.15, -0.1) is 0 Å². The fraction of sp³-hybridized carbons (Fsp3) is 0.250. The van der Waals surface area contributed by atoms with Crippen molar-refractivity contribution in [1.29, 1.82) is 5.26 Å². The molecule has 2 aromatic carbocycles. The molecule has 7 heteroatoms. The molecule has 0 aliphatic carbocycles. The van der Waals surface area contributed by atoms with E-state index in [-0.39, 0.29) is 11.5 Å². The third kappa shape index (κ3) is 5.04. The third-order valence-electron chi connectivity index (χ3n) is 4.96. The van der Waals surface area contributed by atoms with E-state index < -0.39 is 10.8 Å². The highest BCUT2D eigenvalue weighted by molar-refractivity contribution is 8.00. The Hall–Kier alpha value is -3.37. The lowest BCUT2D eigenvalue weighted by Crippen LogP contribution is -2.25. The number of nitriles is 1. The van der Waals surface area contributed by atoms with Crippen molar-refractivity contribution >= 4 is 23.4 Å². The molecule has 158 valence electrons. The first kappa shape index (κ1) is 22.3. The van der Waals surface area contributed by atoms with Crippen molar-refractivity contribution in [2.24, 2.45) is 0 Å². The highest BCUT2D eigenvalue weighted by Gasteiger charge is 2.20. The van der Waals surface area contributed by atoms with Crippen LogP contribution in [-0.4, -0.2) is 21.1 Å². The molecule has 0 fully saturated rings. The molecule has 0 aliphatic rings. The zero-order valence-electron chi connectivity index (χ0n) is 17.7. The molecule has 0 saturated heterocycles. The van der Waals surface area contributed by atoms with Gasteiger partial charge in [-0.1, -0.05) is 74.1 Å². The van der Waals surface area contributed by atoms with E-state index in [0.717, 1.165) is 41.4 Å². The average molecular weight is 433 g/mol. The minimum atomic E-state index is -0.518. The summed E-state index contributed by atoms with van der Waals surface area (Å²) in [5, 5.41) is 12.2. The first-order valence-corrected chi connectivity index (χ1v) is 11.0. The number of amides is 1. The number of anilines is 1. The van der Waals surface area contributed by atoms with Crippen LogP contribution in [0.4, 0.5) is 5.69 Å². The highest BCUT2D eigenvalue weighted by Crippen LogP contribution is 2.27. The van der Waals surface area contributed by atoms with Crippen LogP contribution in [0.3, 0.4) is 0 Å². The summed E-state index contributed by atoms with van der Waals surface area (Å²) >= 11 is 1.15. The van der Waals surface area contributed by atoms with Crippen molar-refractivity contribution in [3.8, 4) is 17.3 Å². The Bertz CT molecular complexity index is 1160. The SMILES string of the molecule is CCc1cccc(CC)c1NC(=O)C(C)Sc1nc(-c2ccccc2)c(C#N)c(=O)[nH]1. The summed E-state index contributed by atoms with van der Waals surface area (Å²) in [6, 6.07) is 17.0. The van der Waals surface area contributed by atoms with Crippen LogP contribution in [0.15, 0.2) is 58.5 Å². The lowest BCUT2D eigenvalue weighted by Gasteiger charge is -2.17. The fourth-order valence-corrected chi connectivity index (χ4v) is 4.06. The van der Waals surface area contributed by atoms with E-state index in [1.165, 1.54) is 0 Å². The van der Waals surface area contributed by atoms with Crippen LogP contribution < -0.4 is 10.9 Å². The molecule has 31 heavy (non-hydrogen) atoms. The first-order valence-electron chi connectivity index (χ1n) is 10.2. The standard InChI is InChI=1S/C24H24N4O2S/c1-4-16-12-9-13-17(5-2)20(16)26-22(29)15(3)31-24-27-21(18-10-7-6-8-11-18)19(14-25)23(30)28-24/h6-13,15H,4-5H2,1-3H3,(H,26,29)(H,27,28,30). The summed E-state index contributed by atoms with van der Waals surface area (Å²) in [7, 11) is 0. The van der Waals surface area contributed by atoms with Crippen LogP contribution in [0.5, 0.6) is 0 Å². The molecule has 1 heterocycles. The largest absolute Gasteiger partial charge is 0.325 e. The molecule has 1 aromatic heterocycles. The molecule has 6 nitrogen and oxygen atoms in total. The Morgan fingerprint density at radius 2 is 1.77 bits per heavy atom. The van der Waals surface area contributed by atoms with E-state index >= 15 is 0 Å². The molecule has 2 N–H and O–H groups in total. The van der Waals surface area contributed by atoms with Gasteiger partial charge in [-0.2, -0.15) is 5.26 Å². The second kappa shape index (κ2) is 10.1. The van der Waals surface area contributed by atoms with E-state index in [4.69, 9.17) is 0 Å². The molecule has 3 rings (SSSR count). The van der Waals surface area contributed by atoms with Gasteiger partial charge in [0.15, 0.2) is 5.16 Å². The number of benzene rings is 2. The third-order valence-corrected chi connectivity index (χ3v) is 5.95. The predicted molar refractivity (Wildman–Crippen MR) is 124 cm³/mol. The van der Waals surface area contributed by atoms with Crippen molar-refractivity contribution in [3.63, 3.8) is 0 Å². The minimum Gasteiger partial charge on any atom is -0.325 e. The smallest absolute Gasteiger partial charge is 0.270 e. The van der Waals surface area contributed by atoms with Gasteiger partial charge in [-0.3, -0.25) is 9.59 Å². The molecule has 0 saturated carbocycles. The topological polar surface area (TPSA) is 98.6 Å². The maximum Gasteiger partial charge on any atom is 0.270 e. The van der Waals surface area contributed by atoms with Gasteiger partial charge in [0.2, 0.25) is 5.91 Å². The van der Waals surface area contributed by atoms with Gasteiger partial charge in [0.05, 0.1) is 10.9 Å². The predicted octanol–water partition coefficient (Wildman–Crippen LogP) is 4.55.